The van der Waals surface area contributed by atoms with Crippen LogP contribution in [0.5, 0.6) is 0 Å². The van der Waals surface area contributed by atoms with E-state index < -0.39 is 5.91 Å². The molecule has 0 aromatic rings. The molecule has 0 heterocycles. The lowest BCUT2D eigenvalue weighted by atomic mass is 10.1. The van der Waals surface area contributed by atoms with Gasteiger partial charge in [0.1, 0.15) is 0 Å². The van der Waals surface area contributed by atoms with E-state index in [1.54, 1.807) is 6.92 Å². The van der Waals surface area contributed by atoms with E-state index in [2.05, 4.69) is 0 Å². The van der Waals surface area contributed by atoms with Crippen LogP contribution in [0.25, 0.3) is 0 Å². The molecule has 3 heteroatoms. The van der Waals surface area contributed by atoms with E-state index in [9.17, 15) is 10.0 Å². The first-order valence-electron chi connectivity index (χ1n) is 2.64. The number of amides is 1. The number of carbonyl (C=O) groups excluding carboxylic acids is 1. The molecule has 0 aromatic heterocycles. The Morgan fingerprint density at radius 2 is 2.38 bits per heavy atom. The molecule has 0 rings (SSSR count). The second kappa shape index (κ2) is 3.43. The van der Waals surface area contributed by atoms with Crippen molar-refractivity contribution in [1.82, 2.24) is 5.48 Å². The first kappa shape index (κ1) is 7.43. The highest BCUT2D eigenvalue weighted by molar-refractivity contribution is 5.78. The highest BCUT2D eigenvalue weighted by Crippen LogP contribution is 1.98. The van der Waals surface area contributed by atoms with E-state index in [-0.39, 0.29) is 5.92 Å². The van der Waals surface area contributed by atoms with Crippen molar-refractivity contribution in [3.05, 3.63) is 5.21 Å². The summed E-state index contributed by atoms with van der Waals surface area (Å²) in [6, 6.07) is 0. The lowest BCUT2D eigenvalue weighted by molar-refractivity contribution is -0.123. The SMILES string of the molecule is CCC(C)C(=O)N[O-]. The van der Waals surface area contributed by atoms with Gasteiger partial charge in [-0.05, 0) is 6.42 Å². The van der Waals surface area contributed by atoms with E-state index in [0.29, 0.717) is 6.42 Å². The summed E-state index contributed by atoms with van der Waals surface area (Å²) in [5.41, 5.74) is 1.33. The van der Waals surface area contributed by atoms with Gasteiger partial charge in [-0.2, -0.15) is 0 Å². The molecule has 1 atom stereocenters. The van der Waals surface area contributed by atoms with Gasteiger partial charge in [-0.3, -0.25) is 4.79 Å². The highest BCUT2D eigenvalue weighted by atomic mass is 16.5. The predicted octanol–water partition coefficient (Wildman–Crippen LogP) is 0.647. The zero-order chi connectivity index (χ0) is 6.57. The summed E-state index contributed by atoms with van der Waals surface area (Å²) in [5, 5.41) is 9.63. The molecule has 1 N–H and O–H groups in total. The minimum absolute atomic E-state index is 0.146. The second-order valence-corrected chi connectivity index (χ2v) is 1.78. The van der Waals surface area contributed by atoms with Crippen LogP contribution in [0.1, 0.15) is 20.3 Å². The van der Waals surface area contributed by atoms with Crippen molar-refractivity contribution in [3.8, 4) is 0 Å². The van der Waals surface area contributed by atoms with Crippen molar-refractivity contribution in [3.63, 3.8) is 0 Å². The van der Waals surface area contributed by atoms with Crippen molar-refractivity contribution >= 4 is 5.91 Å². The maximum Gasteiger partial charge on any atom is 0.212 e. The topological polar surface area (TPSA) is 52.2 Å². The largest absolute Gasteiger partial charge is 0.759 e. The Kier molecular flexibility index (Phi) is 3.19. The fraction of sp³-hybridized carbons (Fsp3) is 0.800. The van der Waals surface area contributed by atoms with E-state index in [1.807, 2.05) is 6.92 Å². The van der Waals surface area contributed by atoms with Gasteiger partial charge in [-0.15, -0.1) is 0 Å². The van der Waals surface area contributed by atoms with Gasteiger partial charge in [0.2, 0.25) is 5.91 Å². The third-order valence-corrected chi connectivity index (χ3v) is 1.16. The molecular weight excluding hydrogens is 106 g/mol. The van der Waals surface area contributed by atoms with Gasteiger partial charge >= 0.3 is 0 Å². The Bertz CT molecular complexity index is 82.5. The summed E-state index contributed by atoms with van der Waals surface area (Å²) >= 11 is 0. The maximum absolute atomic E-state index is 10.3. The van der Waals surface area contributed by atoms with Gasteiger partial charge < -0.3 is 10.7 Å². The fourth-order valence-corrected chi connectivity index (χ4v) is 0.286. The average Bonchev–Trinajstić information content (AvgIpc) is 1.84. The number of hydroxylamine groups is 1. The number of nitrogens with one attached hydrogen (secondary N) is 1. The van der Waals surface area contributed by atoms with Gasteiger partial charge in [0.25, 0.3) is 0 Å². The first-order chi connectivity index (χ1) is 3.72. The second-order valence-electron chi connectivity index (χ2n) is 1.78. The van der Waals surface area contributed by atoms with Crippen LogP contribution in [-0.2, 0) is 4.79 Å². The minimum atomic E-state index is -0.424. The third-order valence-electron chi connectivity index (χ3n) is 1.16. The van der Waals surface area contributed by atoms with Gasteiger partial charge in [-0.25, -0.2) is 0 Å². The monoisotopic (exact) mass is 116 g/mol. The molecule has 0 saturated carbocycles. The van der Waals surface area contributed by atoms with Crippen LogP contribution in [0.3, 0.4) is 0 Å². The van der Waals surface area contributed by atoms with Gasteiger partial charge in [0, 0.05) is 5.92 Å². The Morgan fingerprint density at radius 3 is 2.50 bits per heavy atom. The molecule has 48 valence electrons. The quantitative estimate of drug-likeness (QED) is 0.538. The summed E-state index contributed by atoms with van der Waals surface area (Å²) in [7, 11) is 0. The number of hydrogen-bond acceptors (Lipinski definition) is 2. The van der Waals surface area contributed by atoms with Crippen molar-refractivity contribution in [2.24, 2.45) is 5.92 Å². The molecule has 1 amide bonds. The third kappa shape index (κ3) is 1.93. The molecule has 0 spiro atoms. The molecule has 0 radical (unpaired) electrons. The maximum atomic E-state index is 10.3. The average molecular weight is 116 g/mol. The van der Waals surface area contributed by atoms with Gasteiger partial charge in [-0.1, -0.05) is 13.8 Å². The van der Waals surface area contributed by atoms with Crippen LogP contribution in [-0.4, -0.2) is 5.91 Å². The Hall–Kier alpha value is -0.570. The van der Waals surface area contributed by atoms with Crippen molar-refractivity contribution < 1.29 is 4.79 Å². The summed E-state index contributed by atoms with van der Waals surface area (Å²) < 4.78 is 0. The molecule has 0 aliphatic rings. The van der Waals surface area contributed by atoms with Crippen LogP contribution < -0.4 is 5.48 Å². The minimum Gasteiger partial charge on any atom is -0.759 e. The molecule has 0 fully saturated rings. The molecule has 0 aromatic carbocycles. The van der Waals surface area contributed by atoms with Crippen LogP contribution in [0.2, 0.25) is 0 Å². The standard InChI is InChI=1S/C5H10NO2/c1-3-4(2)5(7)6-8/h4H,3H2,1-2H3,(H-,6,7,8)/q-1. The molecule has 0 aliphatic heterocycles. The number of hydrogen-bond donors (Lipinski definition) is 1. The Balaban J connectivity index is 3.46. The molecule has 8 heavy (non-hydrogen) atoms. The predicted molar refractivity (Wildman–Crippen MR) is 31.0 cm³/mol. The van der Waals surface area contributed by atoms with Gasteiger partial charge in [0.05, 0.1) is 0 Å². The Morgan fingerprint density at radius 1 is 1.88 bits per heavy atom. The zero-order valence-corrected chi connectivity index (χ0v) is 5.10. The van der Waals surface area contributed by atoms with E-state index in [0.717, 1.165) is 0 Å². The summed E-state index contributed by atoms with van der Waals surface area (Å²) in [4.78, 5) is 10.3. The number of rotatable bonds is 2. The molecule has 3 nitrogen and oxygen atoms in total. The lowest BCUT2D eigenvalue weighted by Crippen LogP contribution is -2.22. The molecular formula is C5H10NO2-. The number of carbonyl (C=O) groups is 1. The van der Waals surface area contributed by atoms with Crippen molar-refractivity contribution in [2.45, 2.75) is 20.3 Å². The van der Waals surface area contributed by atoms with Crippen LogP contribution in [0.4, 0.5) is 0 Å². The van der Waals surface area contributed by atoms with Crippen molar-refractivity contribution in [2.75, 3.05) is 0 Å². The molecule has 1 unspecified atom stereocenters. The van der Waals surface area contributed by atoms with E-state index in [4.69, 9.17) is 0 Å². The summed E-state index contributed by atoms with van der Waals surface area (Å²) in [5.74, 6) is -0.569. The van der Waals surface area contributed by atoms with E-state index >= 15 is 0 Å². The highest BCUT2D eigenvalue weighted by Gasteiger charge is 2.03. The smallest absolute Gasteiger partial charge is 0.212 e. The van der Waals surface area contributed by atoms with E-state index in [1.165, 1.54) is 5.48 Å². The first-order valence-corrected chi connectivity index (χ1v) is 2.64. The molecule has 0 saturated heterocycles. The summed E-state index contributed by atoms with van der Waals surface area (Å²) in [6.45, 7) is 3.58. The van der Waals surface area contributed by atoms with Crippen molar-refractivity contribution in [1.29, 1.82) is 0 Å². The fourth-order valence-electron chi connectivity index (χ4n) is 0.286. The normalized spacial score (nSPS) is 12.9. The van der Waals surface area contributed by atoms with Crippen LogP contribution >= 0.6 is 0 Å². The van der Waals surface area contributed by atoms with Crippen LogP contribution in [0, 0.1) is 11.1 Å². The van der Waals surface area contributed by atoms with Crippen LogP contribution in [0.15, 0.2) is 0 Å². The molecule has 0 bridgehead atoms. The lowest BCUT2D eigenvalue weighted by Gasteiger charge is -2.11. The summed E-state index contributed by atoms with van der Waals surface area (Å²) in [6.07, 6.45) is 0.716. The zero-order valence-electron chi connectivity index (χ0n) is 5.10. The Labute approximate surface area is 48.7 Å². The van der Waals surface area contributed by atoms with Gasteiger partial charge in [0.15, 0.2) is 0 Å². The molecule has 0 aliphatic carbocycles.